The number of hydrogen-bond acceptors (Lipinski definition) is 2. The van der Waals surface area contributed by atoms with E-state index in [-0.39, 0.29) is 5.02 Å². The second-order valence-electron chi connectivity index (χ2n) is 4.65. The maximum Gasteiger partial charge on any atom is 0.249 e. The van der Waals surface area contributed by atoms with E-state index in [0.717, 1.165) is 4.68 Å². The van der Waals surface area contributed by atoms with Gasteiger partial charge in [0, 0.05) is 6.20 Å². The maximum absolute atomic E-state index is 13.5. The summed E-state index contributed by atoms with van der Waals surface area (Å²) in [6.07, 6.45) is 1.29. The number of amides is 1. The zero-order valence-electron chi connectivity index (χ0n) is 11.7. The molecule has 0 fully saturated rings. The van der Waals surface area contributed by atoms with Gasteiger partial charge in [0.05, 0.1) is 10.7 Å². The van der Waals surface area contributed by atoms with Gasteiger partial charge in [0.15, 0.2) is 23.3 Å². The van der Waals surface area contributed by atoms with E-state index in [1.807, 2.05) is 0 Å². The van der Waals surface area contributed by atoms with Crippen LogP contribution in [0.4, 0.5) is 27.6 Å². The fourth-order valence-corrected chi connectivity index (χ4v) is 1.86. The van der Waals surface area contributed by atoms with Gasteiger partial charge < -0.3 is 5.32 Å². The van der Waals surface area contributed by atoms with E-state index in [1.165, 1.54) is 13.1 Å². The van der Waals surface area contributed by atoms with Crippen LogP contribution >= 0.6 is 11.6 Å². The molecule has 0 saturated heterocycles. The van der Waals surface area contributed by atoms with Crippen LogP contribution in [0, 0.1) is 36.0 Å². The van der Waals surface area contributed by atoms with Crippen LogP contribution in [0.1, 0.15) is 18.7 Å². The van der Waals surface area contributed by atoms with Crippen molar-refractivity contribution in [3.8, 4) is 0 Å². The van der Waals surface area contributed by atoms with Gasteiger partial charge in [-0.2, -0.15) is 5.10 Å². The number of nitrogens with zero attached hydrogens (tertiary/aromatic N) is 2. The van der Waals surface area contributed by atoms with Crippen molar-refractivity contribution in [2.45, 2.75) is 19.9 Å². The first kappa shape index (κ1) is 17.2. The van der Waals surface area contributed by atoms with E-state index < -0.39 is 46.7 Å². The summed E-state index contributed by atoms with van der Waals surface area (Å²) in [5.41, 5.74) is -1.02. The SMILES string of the molecule is Cc1nn(C(C)C(=O)Nc2c(F)c(F)c(F)c(F)c2F)cc1Cl. The van der Waals surface area contributed by atoms with Gasteiger partial charge in [0.1, 0.15) is 11.7 Å². The number of benzene rings is 1. The number of nitrogens with one attached hydrogen (secondary N) is 1. The van der Waals surface area contributed by atoms with Gasteiger partial charge in [0.2, 0.25) is 11.7 Å². The molecule has 1 heterocycles. The Bertz CT molecular complexity index is 744. The number of aryl methyl sites for hydroxylation is 1. The highest BCUT2D eigenvalue weighted by Gasteiger charge is 2.28. The molecule has 0 aliphatic carbocycles. The molecule has 1 N–H and O–H groups in total. The summed E-state index contributed by atoms with van der Waals surface area (Å²) in [4.78, 5) is 12.0. The van der Waals surface area contributed by atoms with Crippen LogP contribution in [-0.4, -0.2) is 15.7 Å². The Balaban J connectivity index is 2.34. The fraction of sp³-hybridized carbons (Fsp3) is 0.231. The standard InChI is InChI=1S/C13H9ClF5N3O/c1-4-6(14)3-22(21-4)5(2)13(23)20-12-10(18)8(16)7(15)9(17)11(12)19/h3,5H,1-2H3,(H,20,23). The summed E-state index contributed by atoms with van der Waals surface area (Å²) in [6, 6.07) is -1.10. The van der Waals surface area contributed by atoms with E-state index in [9.17, 15) is 26.7 Å². The van der Waals surface area contributed by atoms with Crippen LogP contribution in [0.25, 0.3) is 0 Å². The van der Waals surface area contributed by atoms with Crippen molar-refractivity contribution < 1.29 is 26.7 Å². The Morgan fingerprint density at radius 1 is 1.13 bits per heavy atom. The molecule has 124 valence electrons. The smallest absolute Gasteiger partial charge is 0.249 e. The van der Waals surface area contributed by atoms with Crippen molar-refractivity contribution in [1.29, 1.82) is 0 Å². The van der Waals surface area contributed by atoms with Crippen LogP contribution in [0.3, 0.4) is 0 Å². The quantitative estimate of drug-likeness (QED) is 0.519. The summed E-state index contributed by atoms with van der Waals surface area (Å²) in [7, 11) is 0. The topological polar surface area (TPSA) is 46.9 Å². The molecule has 0 spiro atoms. The highest BCUT2D eigenvalue weighted by atomic mass is 35.5. The summed E-state index contributed by atoms with van der Waals surface area (Å²) >= 11 is 5.77. The predicted molar refractivity (Wildman–Crippen MR) is 71.5 cm³/mol. The molecular formula is C13H9ClF5N3O. The Morgan fingerprint density at radius 2 is 1.61 bits per heavy atom. The Kier molecular flexibility index (Phi) is 4.60. The monoisotopic (exact) mass is 353 g/mol. The van der Waals surface area contributed by atoms with Gasteiger partial charge in [-0.3, -0.25) is 9.48 Å². The average molecular weight is 354 g/mol. The average Bonchev–Trinajstić information content (AvgIpc) is 2.86. The molecule has 0 aliphatic rings. The lowest BCUT2D eigenvalue weighted by atomic mass is 10.2. The number of hydrogen-bond donors (Lipinski definition) is 1. The first-order valence-electron chi connectivity index (χ1n) is 6.18. The van der Waals surface area contributed by atoms with E-state index in [0.29, 0.717) is 5.69 Å². The van der Waals surface area contributed by atoms with Gasteiger partial charge in [-0.15, -0.1) is 0 Å². The molecule has 10 heteroatoms. The molecule has 1 unspecified atom stereocenters. The minimum Gasteiger partial charge on any atom is -0.319 e. The van der Waals surface area contributed by atoms with Gasteiger partial charge in [-0.05, 0) is 13.8 Å². The molecular weight excluding hydrogens is 345 g/mol. The normalized spacial score (nSPS) is 12.3. The molecule has 1 atom stereocenters. The number of halogens is 6. The van der Waals surface area contributed by atoms with E-state index >= 15 is 0 Å². The summed E-state index contributed by atoms with van der Waals surface area (Å²) in [6.45, 7) is 2.87. The molecule has 2 aromatic rings. The van der Waals surface area contributed by atoms with E-state index in [4.69, 9.17) is 11.6 Å². The molecule has 1 aromatic heterocycles. The lowest BCUT2D eigenvalue weighted by molar-refractivity contribution is -0.119. The number of rotatable bonds is 3. The molecule has 1 aromatic carbocycles. The van der Waals surface area contributed by atoms with Crippen molar-refractivity contribution in [3.63, 3.8) is 0 Å². The molecule has 0 saturated carbocycles. The predicted octanol–water partition coefficient (Wildman–Crippen LogP) is 3.74. The molecule has 23 heavy (non-hydrogen) atoms. The summed E-state index contributed by atoms with van der Waals surface area (Å²) < 4.78 is 67.2. The third kappa shape index (κ3) is 3.00. The molecule has 2 rings (SSSR count). The van der Waals surface area contributed by atoms with Crippen LogP contribution in [-0.2, 0) is 4.79 Å². The largest absolute Gasteiger partial charge is 0.319 e. The zero-order chi connectivity index (χ0) is 17.5. The van der Waals surface area contributed by atoms with Crippen molar-refractivity contribution in [2.24, 2.45) is 0 Å². The highest BCUT2D eigenvalue weighted by molar-refractivity contribution is 6.31. The highest BCUT2D eigenvalue weighted by Crippen LogP contribution is 2.28. The van der Waals surface area contributed by atoms with Gasteiger partial charge in [-0.25, -0.2) is 22.0 Å². The summed E-state index contributed by atoms with van der Waals surface area (Å²) in [5.74, 6) is -11.9. The van der Waals surface area contributed by atoms with Crippen molar-refractivity contribution in [2.75, 3.05) is 5.32 Å². The first-order chi connectivity index (χ1) is 10.6. The first-order valence-corrected chi connectivity index (χ1v) is 6.56. The zero-order valence-corrected chi connectivity index (χ0v) is 12.5. The Labute approximate surface area is 131 Å². The van der Waals surface area contributed by atoms with Crippen molar-refractivity contribution in [3.05, 3.63) is 46.0 Å². The van der Waals surface area contributed by atoms with Crippen LogP contribution in [0.5, 0.6) is 0 Å². The minimum absolute atomic E-state index is 0.251. The second kappa shape index (κ2) is 6.15. The van der Waals surface area contributed by atoms with Gasteiger partial charge >= 0.3 is 0 Å². The molecule has 0 aliphatic heterocycles. The Hall–Kier alpha value is -2.16. The third-order valence-electron chi connectivity index (χ3n) is 3.09. The van der Waals surface area contributed by atoms with Gasteiger partial charge in [0.25, 0.3) is 0 Å². The number of carbonyl (C=O) groups excluding carboxylic acids is 1. The maximum atomic E-state index is 13.5. The van der Waals surface area contributed by atoms with Crippen LogP contribution in [0.15, 0.2) is 6.20 Å². The Morgan fingerprint density at radius 3 is 2.04 bits per heavy atom. The van der Waals surface area contributed by atoms with Crippen LogP contribution < -0.4 is 5.32 Å². The molecule has 1 amide bonds. The third-order valence-corrected chi connectivity index (χ3v) is 3.46. The molecule has 4 nitrogen and oxygen atoms in total. The minimum atomic E-state index is -2.31. The molecule has 0 radical (unpaired) electrons. The molecule has 0 bridgehead atoms. The van der Waals surface area contributed by atoms with E-state index in [1.54, 1.807) is 12.2 Å². The lowest BCUT2D eigenvalue weighted by Gasteiger charge is -2.14. The lowest BCUT2D eigenvalue weighted by Crippen LogP contribution is -2.26. The van der Waals surface area contributed by atoms with Crippen molar-refractivity contribution in [1.82, 2.24) is 9.78 Å². The number of aromatic nitrogens is 2. The van der Waals surface area contributed by atoms with Gasteiger partial charge in [-0.1, -0.05) is 11.6 Å². The summed E-state index contributed by atoms with van der Waals surface area (Å²) in [5, 5.41) is 5.82. The second-order valence-corrected chi connectivity index (χ2v) is 5.06. The number of carbonyl (C=O) groups is 1. The fourth-order valence-electron chi connectivity index (χ4n) is 1.72. The van der Waals surface area contributed by atoms with Crippen LogP contribution in [0.2, 0.25) is 5.02 Å². The number of anilines is 1. The van der Waals surface area contributed by atoms with Crippen molar-refractivity contribution >= 4 is 23.2 Å². The van der Waals surface area contributed by atoms with E-state index in [2.05, 4.69) is 5.10 Å².